The zero-order valence-corrected chi connectivity index (χ0v) is 13.3. The lowest BCUT2D eigenvalue weighted by atomic mass is 9.93. The predicted octanol–water partition coefficient (Wildman–Crippen LogP) is 2.32. The Hall–Kier alpha value is -1.76. The zero-order chi connectivity index (χ0) is 15.9. The number of esters is 1. The van der Waals surface area contributed by atoms with Gasteiger partial charge in [-0.1, -0.05) is 0 Å². The number of fused-ring (bicyclic) bond motifs is 1. The number of anilines is 1. The molecule has 0 aromatic heterocycles. The largest absolute Gasteiger partial charge is 0.469 e. The molecule has 0 radical (unpaired) electrons. The molecule has 0 saturated heterocycles. The van der Waals surface area contributed by atoms with Gasteiger partial charge in [0, 0.05) is 6.54 Å². The van der Waals surface area contributed by atoms with Crippen LogP contribution in [0.1, 0.15) is 24.2 Å². The summed E-state index contributed by atoms with van der Waals surface area (Å²) in [5.41, 5.74) is -0.729. The van der Waals surface area contributed by atoms with E-state index in [1.165, 1.54) is 13.2 Å². The van der Waals surface area contributed by atoms with Crippen molar-refractivity contribution in [1.29, 1.82) is 0 Å². The van der Waals surface area contributed by atoms with Gasteiger partial charge in [-0.2, -0.15) is 0 Å². The van der Waals surface area contributed by atoms with Gasteiger partial charge < -0.3 is 9.64 Å². The summed E-state index contributed by atoms with van der Waals surface area (Å²) in [4.78, 5) is 36.8. The van der Waals surface area contributed by atoms with Gasteiger partial charge in [-0.05, 0) is 41.9 Å². The van der Waals surface area contributed by atoms with Crippen molar-refractivity contribution in [2.45, 2.75) is 13.8 Å². The first-order chi connectivity index (χ1) is 9.69. The number of methoxy groups -OCH3 is 1. The van der Waals surface area contributed by atoms with E-state index < -0.39 is 28.9 Å². The van der Waals surface area contributed by atoms with Crippen molar-refractivity contribution >= 4 is 39.3 Å². The maximum atomic E-state index is 13.7. The summed E-state index contributed by atoms with van der Waals surface area (Å²) in [5, 5.41) is 0. The topological polar surface area (TPSA) is 63.7 Å². The van der Waals surface area contributed by atoms with Crippen LogP contribution in [0.25, 0.3) is 0 Å². The number of hydrogen-bond acceptors (Lipinski definition) is 4. The lowest BCUT2D eigenvalue weighted by Crippen LogP contribution is -2.42. The van der Waals surface area contributed by atoms with Crippen LogP contribution in [0.3, 0.4) is 0 Å². The monoisotopic (exact) mass is 357 g/mol. The van der Waals surface area contributed by atoms with Crippen molar-refractivity contribution in [2.75, 3.05) is 18.6 Å². The minimum absolute atomic E-state index is 0.0711. The van der Waals surface area contributed by atoms with Crippen LogP contribution in [0.15, 0.2) is 16.6 Å². The van der Waals surface area contributed by atoms with E-state index in [2.05, 4.69) is 20.7 Å². The van der Waals surface area contributed by atoms with E-state index in [9.17, 15) is 18.8 Å². The third kappa shape index (κ3) is 2.57. The van der Waals surface area contributed by atoms with Crippen LogP contribution >= 0.6 is 15.9 Å². The molecule has 0 aliphatic carbocycles. The Morgan fingerprint density at radius 1 is 1.38 bits per heavy atom. The van der Waals surface area contributed by atoms with Gasteiger partial charge in [0.1, 0.15) is 5.82 Å². The highest BCUT2D eigenvalue weighted by Crippen LogP contribution is 2.35. The first-order valence-electron chi connectivity index (χ1n) is 6.12. The highest BCUT2D eigenvalue weighted by molar-refractivity contribution is 9.10. The van der Waals surface area contributed by atoms with E-state index in [1.807, 2.05) is 0 Å². The van der Waals surface area contributed by atoms with Crippen molar-refractivity contribution in [3.63, 3.8) is 0 Å². The molecule has 0 atom stereocenters. The number of carbonyl (C=O) groups is 3. The Bertz CT molecular complexity index is 657. The first kappa shape index (κ1) is 15.6. The van der Waals surface area contributed by atoms with Gasteiger partial charge >= 0.3 is 5.97 Å². The maximum Gasteiger partial charge on any atom is 0.313 e. The summed E-state index contributed by atoms with van der Waals surface area (Å²) in [7, 11) is 1.24. The van der Waals surface area contributed by atoms with Crippen LogP contribution in [0, 0.1) is 11.2 Å². The lowest BCUT2D eigenvalue weighted by molar-refractivity contribution is -0.150. The lowest BCUT2D eigenvalue weighted by Gasteiger charge is -2.27. The molecule has 1 heterocycles. The maximum absolute atomic E-state index is 13.7. The summed E-state index contributed by atoms with van der Waals surface area (Å²) in [6.07, 6.45) is 0. The van der Waals surface area contributed by atoms with E-state index >= 15 is 0 Å². The fourth-order valence-corrected chi connectivity index (χ4v) is 2.53. The number of Topliss-reactive ketones (excluding diaryl/α,β-unsaturated/α-hetero) is 1. The van der Waals surface area contributed by atoms with Gasteiger partial charge in [0.05, 0.1) is 28.2 Å². The molecule has 0 unspecified atom stereocenters. The molecule has 0 spiro atoms. The van der Waals surface area contributed by atoms with Gasteiger partial charge in [0.25, 0.3) is 11.7 Å². The quantitative estimate of drug-likeness (QED) is 0.615. The van der Waals surface area contributed by atoms with E-state index in [4.69, 9.17) is 0 Å². The highest BCUT2D eigenvalue weighted by Gasteiger charge is 2.41. The van der Waals surface area contributed by atoms with Crippen molar-refractivity contribution in [1.82, 2.24) is 0 Å². The Labute approximate surface area is 129 Å². The van der Waals surface area contributed by atoms with E-state index in [0.29, 0.717) is 0 Å². The van der Waals surface area contributed by atoms with Crippen LogP contribution in [0.4, 0.5) is 10.1 Å². The number of ketones is 1. The number of rotatable bonds is 3. The second kappa shape index (κ2) is 5.22. The summed E-state index contributed by atoms with van der Waals surface area (Å²) >= 11 is 2.98. The highest BCUT2D eigenvalue weighted by atomic mass is 79.9. The van der Waals surface area contributed by atoms with Crippen molar-refractivity contribution in [2.24, 2.45) is 5.41 Å². The number of benzene rings is 1. The number of carbonyl (C=O) groups excluding carboxylic acids is 3. The molecule has 0 bridgehead atoms. The first-order valence-corrected chi connectivity index (χ1v) is 6.92. The van der Waals surface area contributed by atoms with E-state index in [1.54, 1.807) is 13.8 Å². The third-order valence-corrected chi connectivity index (χ3v) is 3.91. The fourth-order valence-electron chi connectivity index (χ4n) is 2.18. The number of ether oxygens (including phenoxy) is 1. The van der Waals surface area contributed by atoms with Crippen molar-refractivity contribution in [3.05, 3.63) is 28.0 Å². The second-order valence-corrected chi connectivity index (χ2v) is 6.23. The minimum Gasteiger partial charge on any atom is -0.469 e. The van der Waals surface area contributed by atoms with Crippen LogP contribution in [-0.4, -0.2) is 31.3 Å². The molecule has 1 aromatic rings. The Morgan fingerprint density at radius 2 is 2.00 bits per heavy atom. The molecule has 0 fully saturated rings. The molecule has 2 rings (SSSR count). The number of halogens is 2. The predicted molar refractivity (Wildman–Crippen MR) is 76.6 cm³/mol. The van der Waals surface area contributed by atoms with Crippen LogP contribution < -0.4 is 4.90 Å². The number of nitrogens with zero attached hydrogens (tertiary/aromatic N) is 1. The van der Waals surface area contributed by atoms with E-state index in [-0.39, 0.29) is 22.3 Å². The smallest absolute Gasteiger partial charge is 0.313 e. The molecule has 5 nitrogen and oxygen atoms in total. The van der Waals surface area contributed by atoms with Gasteiger partial charge in [0.15, 0.2) is 0 Å². The van der Waals surface area contributed by atoms with E-state index in [0.717, 1.165) is 11.0 Å². The average molecular weight is 358 g/mol. The normalized spacial score (nSPS) is 14.4. The molecule has 1 aliphatic heterocycles. The number of amides is 1. The molecular formula is C14H13BrFNO4. The van der Waals surface area contributed by atoms with Gasteiger partial charge in [-0.15, -0.1) is 0 Å². The minimum atomic E-state index is -1.02. The molecule has 0 N–H and O–H groups in total. The summed E-state index contributed by atoms with van der Waals surface area (Å²) in [6.45, 7) is 3.10. The van der Waals surface area contributed by atoms with Crippen molar-refractivity contribution < 1.29 is 23.5 Å². The number of hydrogen-bond donors (Lipinski definition) is 0. The van der Waals surface area contributed by atoms with Crippen LogP contribution in [0.5, 0.6) is 0 Å². The van der Waals surface area contributed by atoms with Gasteiger partial charge in [-0.25, -0.2) is 4.39 Å². The SMILES string of the molecule is COC(=O)C(C)(C)CN1C(=O)C(=O)c2cc(Br)c(F)cc21. The molecule has 21 heavy (non-hydrogen) atoms. The third-order valence-electron chi connectivity index (χ3n) is 3.30. The van der Waals surface area contributed by atoms with Gasteiger partial charge in [-0.3, -0.25) is 14.4 Å². The van der Waals surface area contributed by atoms with Crippen LogP contribution in [-0.2, 0) is 14.3 Å². The standard InChI is InChI=1S/C14H13BrFNO4/c1-14(2,13(20)21-3)6-17-10-5-9(16)8(15)4-7(10)11(18)12(17)19/h4-5H,6H2,1-3H3. The van der Waals surface area contributed by atoms with Crippen LogP contribution in [0.2, 0.25) is 0 Å². The average Bonchev–Trinajstić information content (AvgIpc) is 2.64. The fraction of sp³-hybridized carbons (Fsp3) is 0.357. The zero-order valence-electron chi connectivity index (χ0n) is 11.7. The van der Waals surface area contributed by atoms with Crippen molar-refractivity contribution in [3.8, 4) is 0 Å². The molecule has 1 aromatic carbocycles. The van der Waals surface area contributed by atoms with Gasteiger partial charge in [0.2, 0.25) is 0 Å². The summed E-state index contributed by atoms with van der Waals surface area (Å²) in [6, 6.07) is 2.38. The molecule has 0 saturated carbocycles. The molecule has 7 heteroatoms. The summed E-state index contributed by atoms with van der Waals surface area (Å²) in [5.74, 6) is -2.60. The Kier molecular flexibility index (Phi) is 3.88. The molecule has 1 amide bonds. The molecular weight excluding hydrogens is 345 g/mol. The summed E-state index contributed by atoms with van der Waals surface area (Å²) < 4.78 is 18.5. The Balaban J connectivity index is 2.44. The Morgan fingerprint density at radius 3 is 2.57 bits per heavy atom. The second-order valence-electron chi connectivity index (χ2n) is 5.38. The molecule has 1 aliphatic rings. The molecule has 112 valence electrons.